The Morgan fingerprint density at radius 2 is 1.87 bits per heavy atom. The number of hydrogen-bond acceptors (Lipinski definition) is 1. The molecular weight excluding hydrogens is 282 g/mol. The fraction of sp³-hybridized carbons (Fsp3) is 0.381. The second-order valence-electron chi connectivity index (χ2n) is 7.63. The highest BCUT2D eigenvalue weighted by Gasteiger charge is 2.23. The topological polar surface area (TPSA) is 20.3 Å². The fourth-order valence-corrected chi connectivity index (χ4v) is 3.33. The summed E-state index contributed by atoms with van der Waals surface area (Å²) in [6.45, 7) is 7.48. The van der Waals surface area contributed by atoms with Crippen LogP contribution >= 0.6 is 0 Å². The summed E-state index contributed by atoms with van der Waals surface area (Å²) in [5.41, 5.74) is 4.60. The third-order valence-electron chi connectivity index (χ3n) is 4.26. The Kier molecular flexibility index (Phi) is 4.25. The van der Waals surface area contributed by atoms with Crippen molar-refractivity contribution in [1.29, 1.82) is 0 Å². The van der Waals surface area contributed by atoms with Crippen LogP contribution in [-0.4, -0.2) is 12.5 Å². The number of carbonyl (C=O) groups is 1. The van der Waals surface area contributed by atoms with Gasteiger partial charge in [0.15, 0.2) is 0 Å². The molecule has 0 unspecified atom stereocenters. The molecule has 1 amide bonds. The molecule has 1 aliphatic rings. The van der Waals surface area contributed by atoms with E-state index < -0.39 is 0 Å². The number of fused-ring (bicyclic) bond motifs is 1. The maximum absolute atomic E-state index is 13.0. The largest absolute Gasteiger partial charge is 0.308 e. The van der Waals surface area contributed by atoms with Gasteiger partial charge in [0, 0.05) is 17.8 Å². The molecule has 0 aliphatic carbocycles. The SMILES string of the molecule is CC(C)(C)Cc1cccc(C(=O)N2CCCc3ccccc32)c1. The lowest BCUT2D eigenvalue weighted by Crippen LogP contribution is -2.35. The number of benzene rings is 2. The minimum Gasteiger partial charge on any atom is -0.308 e. The average Bonchev–Trinajstić information content (AvgIpc) is 2.52. The van der Waals surface area contributed by atoms with E-state index in [4.69, 9.17) is 0 Å². The molecule has 2 nitrogen and oxygen atoms in total. The molecule has 0 atom stereocenters. The quantitative estimate of drug-likeness (QED) is 0.775. The van der Waals surface area contributed by atoms with Gasteiger partial charge in [0.1, 0.15) is 0 Å². The summed E-state index contributed by atoms with van der Waals surface area (Å²) in [5, 5.41) is 0. The van der Waals surface area contributed by atoms with Crippen LogP contribution < -0.4 is 4.90 Å². The predicted octanol–water partition coefficient (Wildman–Crippen LogP) is 4.87. The summed E-state index contributed by atoms with van der Waals surface area (Å²) >= 11 is 0. The Balaban J connectivity index is 1.88. The number of carbonyl (C=O) groups excluding carboxylic acids is 1. The number of rotatable bonds is 2. The molecule has 0 aromatic heterocycles. The standard InChI is InChI=1S/C21H25NO/c1-21(2,3)15-16-8-6-10-18(14-16)20(23)22-13-7-11-17-9-4-5-12-19(17)22/h4-6,8-10,12,14H,7,11,13,15H2,1-3H3. The third-order valence-corrected chi connectivity index (χ3v) is 4.26. The summed E-state index contributed by atoms with van der Waals surface area (Å²) in [4.78, 5) is 14.9. The van der Waals surface area contributed by atoms with Gasteiger partial charge in [-0.25, -0.2) is 0 Å². The zero-order chi connectivity index (χ0) is 16.4. The molecule has 0 N–H and O–H groups in total. The van der Waals surface area contributed by atoms with Gasteiger partial charge in [0.2, 0.25) is 0 Å². The van der Waals surface area contributed by atoms with Gasteiger partial charge in [-0.1, -0.05) is 51.1 Å². The average molecular weight is 307 g/mol. The van der Waals surface area contributed by atoms with E-state index >= 15 is 0 Å². The molecule has 3 rings (SSSR count). The molecule has 23 heavy (non-hydrogen) atoms. The lowest BCUT2D eigenvalue weighted by molar-refractivity contribution is 0.0985. The molecule has 0 radical (unpaired) electrons. The van der Waals surface area contributed by atoms with Crippen molar-refractivity contribution in [3.8, 4) is 0 Å². The van der Waals surface area contributed by atoms with Crippen LogP contribution in [0.1, 0.15) is 48.7 Å². The monoisotopic (exact) mass is 307 g/mol. The van der Waals surface area contributed by atoms with Gasteiger partial charge in [0.25, 0.3) is 5.91 Å². The number of hydrogen-bond donors (Lipinski definition) is 0. The highest BCUT2D eigenvalue weighted by molar-refractivity contribution is 6.06. The van der Waals surface area contributed by atoms with Crippen LogP contribution in [0.4, 0.5) is 5.69 Å². The molecule has 2 aromatic rings. The van der Waals surface area contributed by atoms with Crippen molar-refractivity contribution in [3.63, 3.8) is 0 Å². The summed E-state index contributed by atoms with van der Waals surface area (Å²) in [5.74, 6) is 0.118. The Bertz CT molecular complexity index is 712. The lowest BCUT2D eigenvalue weighted by Gasteiger charge is -2.29. The van der Waals surface area contributed by atoms with Gasteiger partial charge in [-0.15, -0.1) is 0 Å². The predicted molar refractivity (Wildman–Crippen MR) is 96.0 cm³/mol. The maximum atomic E-state index is 13.0. The molecule has 0 saturated carbocycles. The van der Waals surface area contributed by atoms with Gasteiger partial charge < -0.3 is 4.90 Å². The minimum absolute atomic E-state index is 0.118. The number of nitrogens with zero attached hydrogens (tertiary/aromatic N) is 1. The van der Waals surface area contributed by atoms with E-state index in [9.17, 15) is 4.79 Å². The Labute approximate surface area is 139 Å². The van der Waals surface area contributed by atoms with Gasteiger partial charge >= 0.3 is 0 Å². The molecule has 1 aliphatic heterocycles. The van der Waals surface area contributed by atoms with Crippen LogP contribution in [0.5, 0.6) is 0 Å². The van der Waals surface area contributed by atoms with Crippen molar-refractivity contribution in [2.75, 3.05) is 11.4 Å². The smallest absolute Gasteiger partial charge is 0.258 e. The van der Waals surface area contributed by atoms with Crippen LogP contribution in [0.25, 0.3) is 0 Å². The van der Waals surface area contributed by atoms with Gasteiger partial charge in [-0.2, -0.15) is 0 Å². The van der Waals surface area contributed by atoms with Crippen molar-refractivity contribution in [2.45, 2.75) is 40.0 Å². The first kappa shape index (κ1) is 15.8. The Morgan fingerprint density at radius 3 is 2.65 bits per heavy atom. The highest BCUT2D eigenvalue weighted by Crippen LogP contribution is 2.28. The van der Waals surface area contributed by atoms with E-state index in [2.05, 4.69) is 51.1 Å². The first-order chi connectivity index (χ1) is 10.9. The van der Waals surface area contributed by atoms with Crippen molar-refractivity contribution in [2.24, 2.45) is 5.41 Å². The van der Waals surface area contributed by atoms with E-state index in [0.717, 1.165) is 37.1 Å². The summed E-state index contributed by atoms with van der Waals surface area (Å²) in [6, 6.07) is 16.4. The Hall–Kier alpha value is -2.09. The van der Waals surface area contributed by atoms with Crippen LogP contribution in [0.3, 0.4) is 0 Å². The molecule has 0 bridgehead atoms. The van der Waals surface area contributed by atoms with Crippen LogP contribution in [-0.2, 0) is 12.8 Å². The molecule has 0 fully saturated rings. The summed E-state index contributed by atoms with van der Waals surface area (Å²) in [7, 11) is 0. The van der Waals surface area contributed by atoms with Crippen molar-refractivity contribution in [1.82, 2.24) is 0 Å². The second-order valence-corrected chi connectivity index (χ2v) is 7.63. The molecule has 0 spiro atoms. The van der Waals surface area contributed by atoms with Crippen molar-refractivity contribution in [3.05, 3.63) is 65.2 Å². The van der Waals surface area contributed by atoms with Crippen molar-refractivity contribution >= 4 is 11.6 Å². The zero-order valence-electron chi connectivity index (χ0n) is 14.3. The fourth-order valence-electron chi connectivity index (χ4n) is 3.33. The molecular formula is C21H25NO. The third kappa shape index (κ3) is 3.64. The minimum atomic E-state index is 0.118. The lowest BCUT2D eigenvalue weighted by atomic mass is 9.87. The molecule has 0 saturated heterocycles. The molecule has 1 heterocycles. The second kappa shape index (κ2) is 6.19. The van der Waals surface area contributed by atoms with E-state index in [1.807, 2.05) is 23.1 Å². The number of anilines is 1. The van der Waals surface area contributed by atoms with Crippen LogP contribution in [0, 0.1) is 5.41 Å². The highest BCUT2D eigenvalue weighted by atomic mass is 16.2. The summed E-state index contributed by atoms with van der Waals surface area (Å²) in [6.07, 6.45) is 3.07. The maximum Gasteiger partial charge on any atom is 0.258 e. The number of aryl methyl sites for hydroxylation is 1. The number of para-hydroxylation sites is 1. The summed E-state index contributed by atoms with van der Waals surface area (Å²) < 4.78 is 0. The van der Waals surface area contributed by atoms with E-state index in [0.29, 0.717) is 0 Å². The van der Waals surface area contributed by atoms with Crippen molar-refractivity contribution < 1.29 is 4.79 Å². The molecule has 120 valence electrons. The Morgan fingerprint density at radius 1 is 1.09 bits per heavy atom. The van der Waals surface area contributed by atoms with E-state index in [1.165, 1.54) is 11.1 Å². The van der Waals surface area contributed by atoms with Crippen LogP contribution in [0.2, 0.25) is 0 Å². The van der Waals surface area contributed by atoms with E-state index in [1.54, 1.807) is 0 Å². The van der Waals surface area contributed by atoms with E-state index in [-0.39, 0.29) is 11.3 Å². The first-order valence-electron chi connectivity index (χ1n) is 8.43. The molecule has 2 heteroatoms. The normalized spacial score (nSPS) is 14.5. The molecule has 2 aromatic carbocycles. The van der Waals surface area contributed by atoms with Gasteiger partial charge in [-0.05, 0) is 54.0 Å². The van der Waals surface area contributed by atoms with Crippen LogP contribution in [0.15, 0.2) is 48.5 Å². The first-order valence-corrected chi connectivity index (χ1v) is 8.43. The zero-order valence-corrected chi connectivity index (χ0v) is 14.3. The number of amides is 1. The van der Waals surface area contributed by atoms with Gasteiger partial charge in [0.05, 0.1) is 0 Å². The van der Waals surface area contributed by atoms with Gasteiger partial charge in [-0.3, -0.25) is 4.79 Å².